The van der Waals surface area contributed by atoms with Gasteiger partial charge in [-0.15, -0.1) is 0 Å². The summed E-state index contributed by atoms with van der Waals surface area (Å²) in [5.74, 6) is -0.158. The van der Waals surface area contributed by atoms with E-state index in [2.05, 4.69) is 0 Å². The average Bonchev–Trinajstić information content (AvgIpc) is 2.96. The van der Waals surface area contributed by atoms with Crippen LogP contribution >= 0.6 is 0 Å². The van der Waals surface area contributed by atoms with E-state index >= 15 is 0 Å². The number of nitrogens with one attached hydrogen (secondary N) is 1. The summed E-state index contributed by atoms with van der Waals surface area (Å²) < 4.78 is 31.1. The molecule has 7 nitrogen and oxygen atoms in total. The average molecular weight is 300 g/mol. The quantitative estimate of drug-likeness (QED) is 0.618. The maximum atomic E-state index is 12.5. The minimum Gasteiger partial charge on any atom is -0.497 e. The van der Waals surface area contributed by atoms with Crippen molar-refractivity contribution in [2.45, 2.75) is 23.8 Å². The van der Waals surface area contributed by atoms with Gasteiger partial charge in [-0.25, -0.2) is 13.9 Å². The van der Waals surface area contributed by atoms with Gasteiger partial charge in [0.2, 0.25) is 10.0 Å². The second-order valence-electron chi connectivity index (χ2n) is 4.43. The molecule has 0 radical (unpaired) electrons. The number of amides is 1. The Labute approximate surface area is 117 Å². The van der Waals surface area contributed by atoms with E-state index in [0.717, 1.165) is 4.31 Å². The minimum atomic E-state index is -3.76. The predicted octanol–water partition coefficient (Wildman–Crippen LogP) is 0.354. The van der Waals surface area contributed by atoms with Crippen LogP contribution in [0.25, 0.3) is 0 Å². The number of ether oxygens (including phenoxy) is 1. The number of nitrogens with zero attached hydrogens (tertiary/aromatic N) is 1. The van der Waals surface area contributed by atoms with Gasteiger partial charge in [0.25, 0.3) is 5.91 Å². The van der Waals surface area contributed by atoms with Gasteiger partial charge in [-0.2, -0.15) is 4.31 Å². The highest BCUT2D eigenvalue weighted by Crippen LogP contribution is 2.27. The van der Waals surface area contributed by atoms with Crippen LogP contribution in [-0.4, -0.2) is 43.5 Å². The molecular formula is C12H16N2O5S. The Balaban J connectivity index is 2.31. The first-order valence-corrected chi connectivity index (χ1v) is 7.54. The van der Waals surface area contributed by atoms with Gasteiger partial charge in [-0.05, 0) is 37.1 Å². The molecule has 1 heterocycles. The fraction of sp³-hybridized carbons (Fsp3) is 0.417. The molecule has 0 aromatic heterocycles. The molecule has 110 valence electrons. The fourth-order valence-electron chi connectivity index (χ4n) is 2.25. The summed E-state index contributed by atoms with van der Waals surface area (Å²) >= 11 is 0. The summed E-state index contributed by atoms with van der Waals surface area (Å²) in [4.78, 5) is 11.6. The molecule has 0 saturated carbocycles. The number of sulfonamides is 1. The maximum absolute atomic E-state index is 12.5. The van der Waals surface area contributed by atoms with E-state index in [1.165, 1.54) is 24.7 Å². The monoisotopic (exact) mass is 300 g/mol. The highest BCUT2D eigenvalue weighted by Gasteiger charge is 2.39. The van der Waals surface area contributed by atoms with Gasteiger partial charge in [-0.3, -0.25) is 10.0 Å². The summed E-state index contributed by atoms with van der Waals surface area (Å²) in [7, 11) is -2.27. The summed E-state index contributed by atoms with van der Waals surface area (Å²) in [6.45, 7) is 0.256. The Morgan fingerprint density at radius 3 is 2.60 bits per heavy atom. The molecule has 0 bridgehead atoms. The van der Waals surface area contributed by atoms with Gasteiger partial charge in [0, 0.05) is 6.54 Å². The number of hydroxylamine groups is 1. The van der Waals surface area contributed by atoms with Crippen molar-refractivity contribution in [3.05, 3.63) is 24.3 Å². The third kappa shape index (κ3) is 2.62. The van der Waals surface area contributed by atoms with Gasteiger partial charge in [0.1, 0.15) is 11.8 Å². The number of carbonyl (C=O) groups excluding carboxylic acids is 1. The zero-order valence-electron chi connectivity index (χ0n) is 10.9. The molecule has 20 heavy (non-hydrogen) atoms. The van der Waals surface area contributed by atoms with Crippen molar-refractivity contribution in [2.75, 3.05) is 13.7 Å². The second kappa shape index (κ2) is 5.78. The van der Waals surface area contributed by atoms with Crippen molar-refractivity contribution in [1.29, 1.82) is 0 Å². The van der Waals surface area contributed by atoms with E-state index in [-0.39, 0.29) is 11.4 Å². The van der Waals surface area contributed by atoms with Crippen molar-refractivity contribution in [1.82, 2.24) is 9.79 Å². The summed E-state index contributed by atoms with van der Waals surface area (Å²) in [6.07, 6.45) is 0.968. The van der Waals surface area contributed by atoms with Crippen LogP contribution in [-0.2, 0) is 14.8 Å². The van der Waals surface area contributed by atoms with Crippen molar-refractivity contribution < 1.29 is 23.2 Å². The first kappa shape index (κ1) is 14.8. The Morgan fingerprint density at radius 1 is 1.40 bits per heavy atom. The van der Waals surface area contributed by atoms with Crippen LogP contribution in [0, 0.1) is 0 Å². The number of rotatable bonds is 4. The zero-order chi connectivity index (χ0) is 14.8. The van der Waals surface area contributed by atoms with Crippen LogP contribution in [0.5, 0.6) is 5.75 Å². The topological polar surface area (TPSA) is 95.9 Å². The molecule has 1 aromatic rings. The normalized spacial score (nSPS) is 19.8. The van der Waals surface area contributed by atoms with Crippen molar-refractivity contribution >= 4 is 15.9 Å². The third-order valence-electron chi connectivity index (χ3n) is 3.28. The molecule has 1 aromatic carbocycles. The van der Waals surface area contributed by atoms with Crippen LogP contribution in [0.4, 0.5) is 0 Å². The maximum Gasteiger partial charge on any atom is 0.261 e. The molecule has 0 spiro atoms. The lowest BCUT2D eigenvalue weighted by Gasteiger charge is -2.22. The minimum absolute atomic E-state index is 0.0935. The molecule has 0 aliphatic carbocycles. The van der Waals surface area contributed by atoms with E-state index in [0.29, 0.717) is 18.6 Å². The standard InChI is InChI=1S/C12H16N2O5S/c1-19-9-4-6-10(7-5-9)20(17,18)14-8-2-3-11(14)12(15)13-16/h4-7,11,16H,2-3,8H2,1H3,(H,13,15)/t11-/m0/s1. The Hall–Kier alpha value is -1.64. The molecular weight excluding hydrogens is 284 g/mol. The molecule has 2 rings (SSSR count). The number of benzene rings is 1. The van der Waals surface area contributed by atoms with Gasteiger partial charge < -0.3 is 4.74 Å². The summed E-state index contributed by atoms with van der Waals surface area (Å²) in [5.41, 5.74) is 1.51. The van der Waals surface area contributed by atoms with Crippen LogP contribution in [0.2, 0.25) is 0 Å². The molecule has 0 unspecified atom stereocenters. The molecule has 1 aliphatic heterocycles. The highest BCUT2D eigenvalue weighted by molar-refractivity contribution is 7.89. The van der Waals surface area contributed by atoms with Gasteiger partial charge in [0.15, 0.2) is 0 Å². The SMILES string of the molecule is COc1ccc(S(=O)(=O)N2CCC[C@H]2C(=O)NO)cc1. The lowest BCUT2D eigenvalue weighted by Crippen LogP contribution is -2.44. The van der Waals surface area contributed by atoms with Gasteiger partial charge in [0.05, 0.1) is 12.0 Å². The fourth-order valence-corrected chi connectivity index (χ4v) is 3.90. The van der Waals surface area contributed by atoms with Crippen LogP contribution in [0.15, 0.2) is 29.2 Å². The smallest absolute Gasteiger partial charge is 0.261 e. The molecule has 2 N–H and O–H groups in total. The van der Waals surface area contributed by atoms with Crippen LogP contribution < -0.4 is 10.2 Å². The molecule has 1 fully saturated rings. The van der Waals surface area contributed by atoms with E-state index in [4.69, 9.17) is 9.94 Å². The largest absolute Gasteiger partial charge is 0.497 e. The zero-order valence-corrected chi connectivity index (χ0v) is 11.8. The van der Waals surface area contributed by atoms with Crippen molar-refractivity contribution in [3.8, 4) is 5.75 Å². The second-order valence-corrected chi connectivity index (χ2v) is 6.32. The van der Waals surface area contributed by atoms with Gasteiger partial charge in [-0.1, -0.05) is 0 Å². The van der Waals surface area contributed by atoms with Gasteiger partial charge >= 0.3 is 0 Å². The number of methoxy groups -OCH3 is 1. The predicted molar refractivity (Wildman–Crippen MR) is 69.8 cm³/mol. The van der Waals surface area contributed by atoms with Crippen molar-refractivity contribution in [2.24, 2.45) is 0 Å². The molecule has 8 heteroatoms. The molecule has 1 atom stereocenters. The van der Waals surface area contributed by atoms with E-state index < -0.39 is 22.0 Å². The van der Waals surface area contributed by atoms with Crippen LogP contribution in [0.3, 0.4) is 0 Å². The number of hydrogen-bond donors (Lipinski definition) is 2. The lowest BCUT2D eigenvalue weighted by atomic mass is 10.2. The molecule has 1 aliphatic rings. The lowest BCUT2D eigenvalue weighted by molar-refractivity contribution is -0.132. The van der Waals surface area contributed by atoms with E-state index in [1.54, 1.807) is 12.1 Å². The number of carbonyl (C=O) groups is 1. The first-order chi connectivity index (χ1) is 9.50. The first-order valence-electron chi connectivity index (χ1n) is 6.10. The van der Waals surface area contributed by atoms with Crippen molar-refractivity contribution in [3.63, 3.8) is 0 Å². The number of hydrogen-bond acceptors (Lipinski definition) is 5. The summed E-state index contributed by atoms with van der Waals surface area (Å²) in [6, 6.07) is 5.08. The van der Waals surface area contributed by atoms with E-state index in [1.807, 2.05) is 0 Å². The molecule has 1 saturated heterocycles. The van der Waals surface area contributed by atoms with Crippen LogP contribution in [0.1, 0.15) is 12.8 Å². The molecule has 1 amide bonds. The third-order valence-corrected chi connectivity index (χ3v) is 5.20. The highest BCUT2D eigenvalue weighted by atomic mass is 32.2. The Bertz CT molecular complexity index is 584. The Kier molecular flexibility index (Phi) is 4.26. The Morgan fingerprint density at radius 2 is 2.05 bits per heavy atom. The van der Waals surface area contributed by atoms with E-state index in [9.17, 15) is 13.2 Å². The summed E-state index contributed by atoms with van der Waals surface area (Å²) in [5, 5.41) is 8.68.